The molecule has 0 amide bonds. The molecule has 14 heavy (non-hydrogen) atoms. The molecule has 0 aliphatic rings. The van der Waals surface area contributed by atoms with Gasteiger partial charge in [0.25, 0.3) is 0 Å². The second-order valence-corrected chi connectivity index (χ2v) is 2.77. The minimum atomic E-state index is -1.23. The Morgan fingerprint density at radius 2 is 2.29 bits per heavy atom. The summed E-state index contributed by atoms with van der Waals surface area (Å²) in [4.78, 5) is 10.4. The van der Waals surface area contributed by atoms with Crippen molar-refractivity contribution in [1.82, 2.24) is 0 Å². The van der Waals surface area contributed by atoms with E-state index in [0.717, 1.165) is 0 Å². The Labute approximate surface area is 80.9 Å². The number of nitrogens with one attached hydrogen (secondary N) is 1. The molecule has 0 fully saturated rings. The predicted octanol–water partition coefficient (Wildman–Crippen LogP) is 1.21. The third-order valence-electron chi connectivity index (χ3n) is 1.70. The first kappa shape index (κ1) is 9.93. The lowest BCUT2D eigenvalue weighted by Crippen LogP contribution is -2.14. The van der Waals surface area contributed by atoms with Crippen molar-refractivity contribution in [2.24, 2.45) is 0 Å². The molecule has 0 radical (unpaired) electrons. The summed E-state index contributed by atoms with van der Waals surface area (Å²) in [6.07, 6.45) is 0.0465. The van der Waals surface area contributed by atoms with E-state index in [2.05, 4.69) is 0 Å². The summed E-state index contributed by atoms with van der Waals surface area (Å²) in [6, 6.07) is 8.53. The zero-order valence-electron chi connectivity index (χ0n) is 7.32. The van der Waals surface area contributed by atoms with Gasteiger partial charge < -0.3 is 5.11 Å². The highest BCUT2D eigenvalue weighted by Gasteiger charge is 2.07. The van der Waals surface area contributed by atoms with Gasteiger partial charge in [-0.05, 0) is 17.7 Å². The van der Waals surface area contributed by atoms with Crippen LogP contribution in [-0.2, 0) is 11.2 Å². The molecule has 1 aromatic carbocycles. The summed E-state index contributed by atoms with van der Waals surface area (Å²) in [5, 5.41) is 24.2. The van der Waals surface area contributed by atoms with E-state index in [4.69, 9.17) is 15.8 Å². The van der Waals surface area contributed by atoms with Crippen LogP contribution in [0.5, 0.6) is 0 Å². The van der Waals surface area contributed by atoms with Crippen LogP contribution in [0, 0.1) is 16.7 Å². The Bertz CT molecular complexity index is 418. The molecule has 4 heteroatoms. The first-order valence-corrected chi connectivity index (χ1v) is 3.93. The number of hydrogen-bond donors (Lipinski definition) is 2. The molecule has 0 heterocycles. The van der Waals surface area contributed by atoms with Crippen molar-refractivity contribution in [2.75, 3.05) is 0 Å². The largest absolute Gasteiger partial charge is 0.477 e. The lowest BCUT2D eigenvalue weighted by Gasteiger charge is -1.99. The minimum Gasteiger partial charge on any atom is -0.477 e. The smallest absolute Gasteiger partial charge is 0.349 e. The van der Waals surface area contributed by atoms with Crippen LogP contribution >= 0.6 is 0 Å². The first-order valence-electron chi connectivity index (χ1n) is 3.93. The van der Waals surface area contributed by atoms with Crippen LogP contribution in [0.25, 0.3) is 0 Å². The van der Waals surface area contributed by atoms with Crippen LogP contribution in [0.4, 0.5) is 0 Å². The molecule has 1 rings (SSSR count). The molecule has 1 aromatic rings. The number of rotatable bonds is 3. The van der Waals surface area contributed by atoms with Gasteiger partial charge in [-0.1, -0.05) is 12.1 Å². The second kappa shape index (κ2) is 4.19. The average molecular weight is 188 g/mol. The molecule has 0 unspecified atom stereocenters. The number of nitrogens with zero attached hydrogens (tertiary/aromatic N) is 1. The van der Waals surface area contributed by atoms with Gasteiger partial charge in [0, 0.05) is 6.42 Å². The number of nitriles is 1. The van der Waals surface area contributed by atoms with Crippen LogP contribution in [0.15, 0.2) is 24.3 Å². The zero-order valence-corrected chi connectivity index (χ0v) is 7.32. The lowest BCUT2D eigenvalue weighted by molar-refractivity contribution is -0.129. The number of benzene rings is 1. The van der Waals surface area contributed by atoms with E-state index < -0.39 is 5.97 Å². The molecular weight excluding hydrogens is 180 g/mol. The van der Waals surface area contributed by atoms with Gasteiger partial charge in [0.1, 0.15) is 5.71 Å². The van der Waals surface area contributed by atoms with Gasteiger partial charge in [-0.2, -0.15) is 5.26 Å². The van der Waals surface area contributed by atoms with Gasteiger partial charge in [0.05, 0.1) is 11.6 Å². The Morgan fingerprint density at radius 1 is 1.57 bits per heavy atom. The fourth-order valence-electron chi connectivity index (χ4n) is 1.03. The van der Waals surface area contributed by atoms with Crippen molar-refractivity contribution in [3.8, 4) is 6.07 Å². The predicted molar refractivity (Wildman–Crippen MR) is 50.2 cm³/mol. The number of aliphatic carboxylic acids is 1. The van der Waals surface area contributed by atoms with Crippen LogP contribution in [0.2, 0.25) is 0 Å². The minimum absolute atomic E-state index is 0.0465. The first-order chi connectivity index (χ1) is 6.63. The quantitative estimate of drug-likeness (QED) is 0.699. The van der Waals surface area contributed by atoms with E-state index in [1.807, 2.05) is 6.07 Å². The summed E-state index contributed by atoms with van der Waals surface area (Å²) in [6.45, 7) is 0. The van der Waals surface area contributed by atoms with Gasteiger partial charge in [0.2, 0.25) is 0 Å². The summed E-state index contributed by atoms with van der Waals surface area (Å²) in [7, 11) is 0. The second-order valence-electron chi connectivity index (χ2n) is 2.77. The van der Waals surface area contributed by atoms with Crippen LogP contribution in [-0.4, -0.2) is 16.8 Å². The monoisotopic (exact) mass is 188 g/mol. The van der Waals surface area contributed by atoms with Crippen molar-refractivity contribution in [3.63, 3.8) is 0 Å². The van der Waals surface area contributed by atoms with Crippen LogP contribution < -0.4 is 0 Å². The Kier molecular flexibility index (Phi) is 2.97. The Balaban J connectivity index is 2.83. The van der Waals surface area contributed by atoms with E-state index in [1.165, 1.54) is 0 Å². The maximum atomic E-state index is 10.4. The lowest BCUT2D eigenvalue weighted by atomic mass is 10.1. The molecule has 0 aromatic heterocycles. The molecule has 0 aliphatic heterocycles. The number of carboxylic acids is 1. The van der Waals surface area contributed by atoms with E-state index in [-0.39, 0.29) is 12.1 Å². The zero-order chi connectivity index (χ0) is 10.6. The van der Waals surface area contributed by atoms with Crippen molar-refractivity contribution in [2.45, 2.75) is 6.42 Å². The van der Waals surface area contributed by atoms with E-state index >= 15 is 0 Å². The third kappa shape index (κ3) is 2.42. The molecule has 2 N–H and O–H groups in total. The normalized spacial score (nSPS) is 9.07. The molecule has 0 saturated carbocycles. The van der Waals surface area contributed by atoms with Gasteiger partial charge in [-0.25, -0.2) is 4.79 Å². The molecular formula is C10H8N2O2. The summed E-state index contributed by atoms with van der Waals surface area (Å²) >= 11 is 0. The summed E-state index contributed by atoms with van der Waals surface area (Å²) in [5.41, 5.74) is 0.761. The number of carboxylic acid groups (broad SMARTS) is 1. The van der Waals surface area contributed by atoms with Gasteiger partial charge >= 0.3 is 5.97 Å². The highest BCUT2D eigenvalue weighted by molar-refractivity contribution is 6.34. The Morgan fingerprint density at radius 3 is 2.86 bits per heavy atom. The van der Waals surface area contributed by atoms with Crippen molar-refractivity contribution in [1.29, 1.82) is 10.7 Å². The van der Waals surface area contributed by atoms with Gasteiger partial charge in [0.15, 0.2) is 0 Å². The molecule has 70 valence electrons. The molecule has 0 atom stereocenters. The van der Waals surface area contributed by atoms with E-state index in [1.54, 1.807) is 24.3 Å². The van der Waals surface area contributed by atoms with Crippen molar-refractivity contribution < 1.29 is 9.90 Å². The molecule has 0 spiro atoms. The maximum absolute atomic E-state index is 10.4. The van der Waals surface area contributed by atoms with E-state index in [9.17, 15) is 4.79 Å². The standard InChI is InChI=1S/C10H8N2O2/c11-6-8-3-1-2-7(4-8)5-9(12)10(13)14/h1-4,12H,5H2,(H,13,14). The summed E-state index contributed by atoms with van der Waals surface area (Å²) in [5.74, 6) is -1.23. The van der Waals surface area contributed by atoms with Crippen molar-refractivity contribution in [3.05, 3.63) is 35.4 Å². The maximum Gasteiger partial charge on any atom is 0.349 e. The fraction of sp³-hybridized carbons (Fsp3) is 0.100. The SMILES string of the molecule is N#Cc1cccc(CC(=N)C(=O)O)c1. The Hall–Kier alpha value is -2.15. The van der Waals surface area contributed by atoms with E-state index in [0.29, 0.717) is 11.1 Å². The number of carbonyl (C=O) groups is 1. The molecule has 0 saturated heterocycles. The average Bonchev–Trinajstić information content (AvgIpc) is 2.18. The van der Waals surface area contributed by atoms with Crippen molar-refractivity contribution >= 4 is 11.7 Å². The molecule has 4 nitrogen and oxygen atoms in total. The number of hydrogen-bond acceptors (Lipinski definition) is 3. The highest BCUT2D eigenvalue weighted by Crippen LogP contribution is 2.05. The third-order valence-corrected chi connectivity index (χ3v) is 1.70. The molecule has 0 aliphatic carbocycles. The topological polar surface area (TPSA) is 84.9 Å². The fourth-order valence-corrected chi connectivity index (χ4v) is 1.03. The van der Waals surface area contributed by atoms with Gasteiger partial charge in [-0.15, -0.1) is 0 Å². The molecule has 0 bridgehead atoms. The van der Waals surface area contributed by atoms with Gasteiger partial charge in [-0.3, -0.25) is 5.41 Å². The van der Waals surface area contributed by atoms with Crippen LogP contribution in [0.1, 0.15) is 11.1 Å². The van der Waals surface area contributed by atoms with Crippen LogP contribution in [0.3, 0.4) is 0 Å². The highest BCUT2D eigenvalue weighted by atomic mass is 16.4. The summed E-state index contributed by atoms with van der Waals surface area (Å²) < 4.78 is 0.